The van der Waals surface area contributed by atoms with Gasteiger partial charge in [0.25, 0.3) is 0 Å². The minimum Gasteiger partial charge on any atom is -0.378 e. The summed E-state index contributed by atoms with van der Waals surface area (Å²) in [6, 6.07) is 2.46. The summed E-state index contributed by atoms with van der Waals surface area (Å²) in [4.78, 5) is 0. The van der Waals surface area contributed by atoms with Crippen molar-refractivity contribution in [3.05, 3.63) is 34.9 Å². The summed E-state index contributed by atoms with van der Waals surface area (Å²) in [5.41, 5.74) is 1.02. The van der Waals surface area contributed by atoms with Crippen molar-refractivity contribution in [2.24, 2.45) is 0 Å². The molecule has 0 spiro atoms. The summed E-state index contributed by atoms with van der Waals surface area (Å²) in [5, 5.41) is 3.27. The fraction of sp³-hybridized carbons (Fsp3) is 0.600. The molecular weight excluding hydrogens is 248 g/mol. The number of nitrogens with one attached hydrogen (secondary N) is 1. The standard InChI is InChI=1S/C15H21F2NO/c1-3-18-15(8-11-5-4-6-19-11)12-7-10(2)13(16)9-14(12)17/h7,9,11,15,18H,3-6,8H2,1-2H3. The molecule has 106 valence electrons. The molecule has 1 heterocycles. The van der Waals surface area contributed by atoms with Crippen LogP contribution in [0.25, 0.3) is 0 Å². The lowest BCUT2D eigenvalue weighted by Crippen LogP contribution is -2.26. The van der Waals surface area contributed by atoms with Gasteiger partial charge in [0, 0.05) is 24.3 Å². The van der Waals surface area contributed by atoms with Gasteiger partial charge in [-0.3, -0.25) is 0 Å². The lowest BCUT2D eigenvalue weighted by molar-refractivity contribution is 0.0943. The highest BCUT2D eigenvalue weighted by atomic mass is 19.1. The second-order valence-electron chi connectivity index (χ2n) is 5.10. The number of ether oxygens (including phenoxy) is 1. The van der Waals surface area contributed by atoms with E-state index in [1.165, 1.54) is 0 Å². The van der Waals surface area contributed by atoms with E-state index in [2.05, 4.69) is 5.32 Å². The zero-order chi connectivity index (χ0) is 13.8. The van der Waals surface area contributed by atoms with E-state index in [0.29, 0.717) is 11.1 Å². The highest BCUT2D eigenvalue weighted by Gasteiger charge is 2.24. The average Bonchev–Trinajstić information content (AvgIpc) is 2.86. The maximum absolute atomic E-state index is 14.0. The van der Waals surface area contributed by atoms with Crippen LogP contribution >= 0.6 is 0 Å². The Balaban J connectivity index is 2.19. The molecule has 0 amide bonds. The Hall–Kier alpha value is -1.00. The van der Waals surface area contributed by atoms with Gasteiger partial charge in [-0.2, -0.15) is 0 Å². The summed E-state index contributed by atoms with van der Waals surface area (Å²) < 4.78 is 32.9. The van der Waals surface area contributed by atoms with Crippen molar-refractivity contribution in [2.45, 2.75) is 45.3 Å². The smallest absolute Gasteiger partial charge is 0.130 e. The summed E-state index contributed by atoms with van der Waals surface area (Å²) in [6.07, 6.45) is 2.99. The summed E-state index contributed by atoms with van der Waals surface area (Å²) >= 11 is 0. The fourth-order valence-electron chi connectivity index (χ4n) is 2.61. The molecule has 2 rings (SSSR count). The third-order valence-electron chi connectivity index (χ3n) is 3.63. The molecule has 1 saturated heterocycles. The molecule has 1 aliphatic rings. The first-order valence-electron chi connectivity index (χ1n) is 6.92. The molecule has 2 atom stereocenters. The lowest BCUT2D eigenvalue weighted by atomic mass is 9.97. The Morgan fingerprint density at radius 3 is 2.79 bits per heavy atom. The minimum absolute atomic E-state index is 0.118. The van der Waals surface area contributed by atoms with Crippen molar-refractivity contribution in [3.63, 3.8) is 0 Å². The summed E-state index contributed by atoms with van der Waals surface area (Å²) in [7, 11) is 0. The summed E-state index contributed by atoms with van der Waals surface area (Å²) in [5.74, 6) is -0.972. The van der Waals surface area contributed by atoms with Crippen LogP contribution in [0.1, 0.15) is 43.4 Å². The zero-order valence-electron chi connectivity index (χ0n) is 11.5. The van der Waals surface area contributed by atoms with Crippen LogP contribution in [-0.2, 0) is 4.74 Å². The molecule has 0 aliphatic carbocycles. The van der Waals surface area contributed by atoms with Crippen LogP contribution in [0.3, 0.4) is 0 Å². The Morgan fingerprint density at radius 2 is 2.16 bits per heavy atom. The highest BCUT2D eigenvalue weighted by molar-refractivity contribution is 5.28. The van der Waals surface area contributed by atoms with E-state index < -0.39 is 11.6 Å². The van der Waals surface area contributed by atoms with Gasteiger partial charge in [-0.05, 0) is 44.4 Å². The molecule has 2 nitrogen and oxygen atoms in total. The predicted octanol–water partition coefficient (Wildman–Crippen LogP) is 3.49. The zero-order valence-corrected chi connectivity index (χ0v) is 11.5. The molecule has 0 bridgehead atoms. The molecular formula is C15H21F2NO. The molecule has 19 heavy (non-hydrogen) atoms. The van der Waals surface area contributed by atoms with Crippen LogP contribution in [0.4, 0.5) is 8.78 Å². The van der Waals surface area contributed by atoms with Crippen LogP contribution in [0.5, 0.6) is 0 Å². The first-order chi connectivity index (χ1) is 9.11. The number of benzene rings is 1. The number of aryl methyl sites for hydroxylation is 1. The first kappa shape index (κ1) is 14.4. The number of rotatable bonds is 5. The Labute approximate surface area is 113 Å². The van der Waals surface area contributed by atoms with Crippen molar-refractivity contribution in [3.8, 4) is 0 Å². The SMILES string of the molecule is CCNC(CC1CCCO1)c1cc(C)c(F)cc1F. The molecule has 0 aromatic heterocycles. The van der Waals surface area contributed by atoms with Crippen molar-refractivity contribution in [2.75, 3.05) is 13.2 Å². The molecule has 2 unspecified atom stereocenters. The van der Waals surface area contributed by atoms with E-state index in [0.717, 1.165) is 38.5 Å². The maximum Gasteiger partial charge on any atom is 0.130 e. The van der Waals surface area contributed by atoms with Crippen LogP contribution in [-0.4, -0.2) is 19.3 Å². The topological polar surface area (TPSA) is 21.3 Å². The predicted molar refractivity (Wildman–Crippen MR) is 71.1 cm³/mol. The molecule has 1 N–H and O–H groups in total. The quantitative estimate of drug-likeness (QED) is 0.883. The molecule has 1 aliphatic heterocycles. The first-order valence-corrected chi connectivity index (χ1v) is 6.92. The van der Waals surface area contributed by atoms with Gasteiger partial charge in [0.1, 0.15) is 11.6 Å². The molecule has 0 saturated carbocycles. The van der Waals surface area contributed by atoms with Gasteiger partial charge in [-0.25, -0.2) is 8.78 Å². The van der Waals surface area contributed by atoms with E-state index in [1.54, 1.807) is 13.0 Å². The van der Waals surface area contributed by atoms with Crippen LogP contribution in [0.2, 0.25) is 0 Å². The number of halogens is 2. The third kappa shape index (κ3) is 3.51. The van der Waals surface area contributed by atoms with Crippen molar-refractivity contribution in [1.82, 2.24) is 5.32 Å². The van der Waals surface area contributed by atoms with Crippen molar-refractivity contribution < 1.29 is 13.5 Å². The highest BCUT2D eigenvalue weighted by Crippen LogP contribution is 2.28. The Morgan fingerprint density at radius 1 is 1.37 bits per heavy atom. The largest absolute Gasteiger partial charge is 0.378 e. The van der Waals surface area contributed by atoms with E-state index >= 15 is 0 Å². The molecule has 1 aromatic carbocycles. The minimum atomic E-state index is -0.492. The fourth-order valence-corrected chi connectivity index (χ4v) is 2.61. The monoisotopic (exact) mass is 269 g/mol. The third-order valence-corrected chi connectivity index (χ3v) is 3.63. The van der Waals surface area contributed by atoms with Gasteiger partial charge in [-0.1, -0.05) is 6.92 Å². The maximum atomic E-state index is 14.0. The molecule has 4 heteroatoms. The second kappa shape index (κ2) is 6.44. The Kier molecular flexibility index (Phi) is 4.88. The Bertz CT molecular complexity index is 430. The number of hydrogen-bond acceptors (Lipinski definition) is 2. The lowest BCUT2D eigenvalue weighted by Gasteiger charge is -2.22. The van der Waals surface area contributed by atoms with Crippen LogP contribution in [0.15, 0.2) is 12.1 Å². The normalized spacial score (nSPS) is 20.7. The van der Waals surface area contributed by atoms with Crippen LogP contribution < -0.4 is 5.32 Å². The van der Waals surface area contributed by atoms with E-state index in [9.17, 15) is 8.78 Å². The van der Waals surface area contributed by atoms with E-state index in [4.69, 9.17) is 4.74 Å². The van der Waals surface area contributed by atoms with Gasteiger partial charge >= 0.3 is 0 Å². The molecule has 1 fully saturated rings. The van der Waals surface area contributed by atoms with Crippen LogP contribution in [0, 0.1) is 18.6 Å². The summed E-state index contributed by atoms with van der Waals surface area (Å²) in [6.45, 7) is 5.17. The van der Waals surface area contributed by atoms with Gasteiger partial charge in [-0.15, -0.1) is 0 Å². The number of hydrogen-bond donors (Lipinski definition) is 1. The second-order valence-corrected chi connectivity index (χ2v) is 5.10. The van der Waals surface area contributed by atoms with Crippen molar-refractivity contribution >= 4 is 0 Å². The average molecular weight is 269 g/mol. The molecule has 1 aromatic rings. The van der Waals surface area contributed by atoms with E-state index in [-0.39, 0.29) is 12.1 Å². The van der Waals surface area contributed by atoms with Gasteiger partial charge in [0.2, 0.25) is 0 Å². The van der Waals surface area contributed by atoms with Gasteiger partial charge in [0.15, 0.2) is 0 Å². The van der Waals surface area contributed by atoms with Gasteiger partial charge in [0.05, 0.1) is 6.10 Å². The van der Waals surface area contributed by atoms with Gasteiger partial charge < -0.3 is 10.1 Å². The van der Waals surface area contributed by atoms with E-state index in [1.807, 2.05) is 6.92 Å². The van der Waals surface area contributed by atoms with Crippen molar-refractivity contribution in [1.29, 1.82) is 0 Å². The molecule has 0 radical (unpaired) electrons.